The Morgan fingerprint density at radius 1 is 1.59 bits per heavy atom. The van der Waals surface area contributed by atoms with Gasteiger partial charge in [-0.3, -0.25) is 0 Å². The van der Waals surface area contributed by atoms with Gasteiger partial charge in [-0.2, -0.15) is 0 Å². The number of nitrogen functional groups attached to an aromatic ring is 1. The zero-order valence-electron chi connectivity index (χ0n) is 9.94. The Morgan fingerprint density at radius 2 is 2.41 bits per heavy atom. The molecule has 0 spiro atoms. The molecule has 4 nitrogen and oxygen atoms in total. The first kappa shape index (κ1) is 11.9. The van der Waals surface area contributed by atoms with E-state index in [9.17, 15) is 4.79 Å². The van der Waals surface area contributed by atoms with Gasteiger partial charge in [0.2, 0.25) is 0 Å². The molecule has 1 aromatic rings. The third kappa shape index (κ3) is 2.97. The lowest BCUT2D eigenvalue weighted by molar-refractivity contribution is 0.0428. The van der Waals surface area contributed by atoms with Gasteiger partial charge in [-0.15, -0.1) is 0 Å². The highest BCUT2D eigenvalue weighted by molar-refractivity contribution is 5.90. The van der Waals surface area contributed by atoms with E-state index in [4.69, 9.17) is 15.2 Å². The van der Waals surface area contributed by atoms with Crippen LogP contribution in [0.3, 0.4) is 0 Å². The van der Waals surface area contributed by atoms with Crippen LogP contribution in [-0.4, -0.2) is 25.8 Å². The number of hydrogen-bond acceptors (Lipinski definition) is 4. The molecule has 1 fully saturated rings. The van der Waals surface area contributed by atoms with Gasteiger partial charge in [0.05, 0.1) is 18.8 Å². The molecular formula is C13H17NO3. The molecule has 0 radical (unpaired) electrons. The molecule has 17 heavy (non-hydrogen) atoms. The number of aryl methyl sites for hydroxylation is 1. The summed E-state index contributed by atoms with van der Waals surface area (Å²) >= 11 is 0. The van der Waals surface area contributed by atoms with Crippen molar-refractivity contribution < 1.29 is 14.3 Å². The van der Waals surface area contributed by atoms with E-state index in [0.717, 1.165) is 18.6 Å². The molecule has 1 aliphatic heterocycles. The zero-order valence-corrected chi connectivity index (χ0v) is 9.94. The molecular weight excluding hydrogens is 218 g/mol. The van der Waals surface area contributed by atoms with E-state index in [2.05, 4.69) is 0 Å². The van der Waals surface area contributed by atoms with E-state index >= 15 is 0 Å². The second-order valence-electron chi connectivity index (χ2n) is 4.40. The minimum atomic E-state index is -0.292. The maximum Gasteiger partial charge on any atom is 0.338 e. The Labute approximate surface area is 101 Å². The van der Waals surface area contributed by atoms with E-state index in [1.807, 2.05) is 6.92 Å². The van der Waals surface area contributed by atoms with Crippen LogP contribution in [0.5, 0.6) is 0 Å². The lowest BCUT2D eigenvalue weighted by atomic mass is 10.1. The molecule has 4 heteroatoms. The monoisotopic (exact) mass is 235 g/mol. The van der Waals surface area contributed by atoms with Crippen molar-refractivity contribution in [2.24, 2.45) is 5.92 Å². The fourth-order valence-electron chi connectivity index (χ4n) is 1.79. The molecule has 2 rings (SSSR count). The molecule has 0 bridgehead atoms. The van der Waals surface area contributed by atoms with E-state index < -0.39 is 0 Å². The summed E-state index contributed by atoms with van der Waals surface area (Å²) in [5.41, 5.74) is 7.82. The van der Waals surface area contributed by atoms with Crippen LogP contribution < -0.4 is 5.73 Å². The Bertz CT molecular complexity index is 411. The fraction of sp³-hybridized carbons (Fsp3) is 0.462. The molecule has 0 saturated carbocycles. The smallest absolute Gasteiger partial charge is 0.338 e. The predicted octanol–water partition coefficient (Wildman–Crippen LogP) is 1.77. The van der Waals surface area contributed by atoms with Gasteiger partial charge in [0.25, 0.3) is 0 Å². The molecule has 0 aromatic heterocycles. The maximum atomic E-state index is 11.8. The van der Waals surface area contributed by atoms with Gasteiger partial charge >= 0.3 is 5.97 Å². The maximum absolute atomic E-state index is 11.8. The van der Waals surface area contributed by atoms with Gasteiger partial charge in [-0.25, -0.2) is 4.79 Å². The summed E-state index contributed by atoms with van der Waals surface area (Å²) in [5.74, 6) is 0.0498. The van der Waals surface area contributed by atoms with E-state index in [1.165, 1.54) is 0 Å². The van der Waals surface area contributed by atoms with Gasteiger partial charge in [0.1, 0.15) is 0 Å². The summed E-state index contributed by atoms with van der Waals surface area (Å²) in [4.78, 5) is 11.8. The highest BCUT2D eigenvalue weighted by atomic mass is 16.5. The lowest BCUT2D eigenvalue weighted by Gasteiger charge is -2.09. The van der Waals surface area contributed by atoms with Crippen molar-refractivity contribution in [2.75, 3.05) is 25.6 Å². The van der Waals surface area contributed by atoms with Crippen LogP contribution in [0.2, 0.25) is 0 Å². The van der Waals surface area contributed by atoms with Gasteiger partial charge in [0.15, 0.2) is 0 Å². The van der Waals surface area contributed by atoms with Crippen LogP contribution in [0.1, 0.15) is 22.3 Å². The van der Waals surface area contributed by atoms with Crippen molar-refractivity contribution in [3.05, 3.63) is 29.3 Å². The van der Waals surface area contributed by atoms with E-state index in [1.54, 1.807) is 18.2 Å². The Kier molecular flexibility index (Phi) is 3.64. The highest BCUT2D eigenvalue weighted by Crippen LogP contribution is 2.16. The van der Waals surface area contributed by atoms with E-state index in [-0.39, 0.29) is 5.97 Å². The van der Waals surface area contributed by atoms with Crippen LogP contribution in [0.4, 0.5) is 5.69 Å². The van der Waals surface area contributed by atoms with Crippen LogP contribution in [0.15, 0.2) is 18.2 Å². The average molecular weight is 235 g/mol. The Morgan fingerprint density at radius 3 is 3.06 bits per heavy atom. The number of carbonyl (C=O) groups is 1. The molecule has 1 aliphatic rings. The summed E-state index contributed by atoms with van der Waals surface area (Å²) in [5, 5.41) is 0. The largest absolute Gasteiger partial charge is 0.462 e. The summed E-state index contributed by atoms with van der Waals surface area (Å²) in [6.45, 7) is 3.76. The number of benzene rings is 1. The van der Waals surface area contributed by atoms with Crippen molar-refractivity contribution in [1.82, 2.24) is 0 Å². The number of ether oxygens (including phenoxy) is 2. The topological polar surface area (TPSA) is 61.5 Å². The van der Waals surface area contributed by atoms with Crippen molar-refractivity contribution >= 4 is 11.7 Å². The summed E-state index contributed by atoms with van der Waals surface area (Å²) in [6.07, 6.45) is 0.966. The normalized spacial score (nSPS) is 19.2. The van der Waals surface area contributed by atoms with Crippen molar-refractivity contribution in [3.8, 4) is 0 Å². The molecule has 1 heterocycles. The van der Waals surface area contributed by atoms with Crippen molar-refractivity contribution in [3.63, 3.8) is 0 Å². The minimum absolute atomic E-state index is 0.292. The third-order valence-electron chi connectivity index (χ3n) is 2.98. The number of anilines is 1. The first-order chi connectivity index (χ1) is 8.16. The molecule has 2 N–H and O–H groups in total. The van der Waals surface area contributed by atoms with Gasteiger partial charge in [0, 0.05) is 18.2 Å². The lowest BCUT2D eigenvalue weighted by Crippen LogP contribution is -2.14. The molecule has 1 saturated heterocycles. The molecule has 1 unspecified atom stereocenters. The Balaban J connectivity index is 1.92. The fourth-order valence-corrected chi connectivity index (χ4v) is 1.79. The quantitative estimate of drug-likeness (QED) is 0.640. The zero-order chi connectivity index (χ0) is 12.3. The van der Waals surface area contributed by atoms with Crippen LogP contribution in [-0.2, 0) is 9.47 Å². The number of nitrogens with two attached hydrogens (primary N) is 1. The number of hydrogen-bond donors (Lipinski definition) is 1. The minimum Gasteiger partial charge on any atom is -0.462 e. The summed E-state index contributed by atoms with van der Waals surface area (Å²) in [7, 11) is 0. The second-order valence-corrected chi connectivity index (χ2v) is 4.40. The average Bonchev–Trinajstić information content (AvgIpc) is 2.82. The van der Waals surface area contributed by atoms with Crippen LogP contribution >= 0.6 is 0 Å². The summed E-state index contributed by atoms with van der Waals surface area (Å²) in [6, 6.07) is 5.17. The molecule has 1 atom stereocenters. The molecule has 1 aromatic carbocycles. The molecule has 0 amide bonds. The SMILES string of the molecule is Cc1cc(C(=O)OCC2CCOC2)ccc1N. The number of esters is 1. The first-order valence-corrected chi connectivity index (χ1v) is 5.78. The van der Waals surface area contributed by atoms with Gasteiger partial charge in [-0.05, 0) is 37.1 Å². The summed E-state index contributed by atoms with van der Waals surface area (Å²) < 4.78 is 10.5. The Hall–Kier alpha value is -1.55. The predicted molar refractivity (Wildman–Crippen MR) is 64.8 cm³/mol. The highest BCUT2D eigenvalue weighted by Gasteiger charge is 2.18. The number of rotatable bonds is 3. The standard InChI is InChI=1S/C13H17NO3/c1-9-6-11(2-3-12(9)14)13(15)17-8-10-4-5-16-7-10/h2-3,6,10H,4-5,7-8,14H2,1H3. The molecule has 92 valence electrons. The van der Waals surface area contributed by atoms with Gasteiger partial charge in [-0.1, -0.05) is 0 Å². The van der Waals surface area contributed by atoms with Crippen molar-refractivity contribution in [2.45, 2.75) is 13.3 Å². The second kappa shape index (κ2) is 5.19. The van der Waals surface area contributed by atoms with Crippen LogP contribution in [0, 0.1) is 12.8 Å². The van der Waals surface area contributed by atoms with E-state index in [0.29, 0.717) is 30.4 Å². The third-order valence-corrected chi connectivity index (χ3v) is 2.98. The number of carbonyl (C=O) groups excluding carboxylic acids is 1. The first-order valence-electron chi connectivity index (χ1n) is 5.78. The van der Waals surface area contributed by atoms with Crippen molar-refractivity contribution in [1.29, 1.82) is 0 Å². The van der Waals surface area contributed by atoms with Gasteiger partial charge < -0.3 is 15.2 Å². The van der Waals surface area contributed by atoms with Crippen LogP contribution in [0.25, 0.3) is 0 Å². The molecule has 0 aliphatic carbocycles.